The lowest BCUT2D eigenvalue weighted by atomic mass is 10.1. The topological polar surface area (TPSA) is 59.1 Å². The molecular formula is C14H14N2O. The van der Waals surface area contributed by atoms with Crippen LogP contribution in [-0.4, -0.2) is 16.1 Å². The Morgan fingerprint density at radius 1 is 1.24 bits per heavy atom. The molecule has 1 saturated carbocycles. The average molecular weight is 226 g/mol. The van der Waals surface area contributed by atoms with Crippen LogP contribution in [0.25, 0.3) is 11.3 Å². The molecule has 0 saturated heterocycles. The van der Waals surface area contributed by atoms with E-state index in [1.165, 1.54) is 5.56 Å². The summed E-state index contributed by atoms with van der Waals surface area (Å²) in [5.41, 5.74) is 8.82. The Morgan fingerprint density at radius 2 is 2.06 bits per heavy atom. The molecule has 3 rings (SSSR count). The number of hydrogen-bond donors (Lipinski definition) is 2. The molecule has 86 valence electrons. The SMILES string of the molecule is N[C@@H]1C[C@H]1c1ccc(-c2cccc(O)c2)nc1. The van der Waals surface area contributed by atoms with Crippen molar-refractivity contribution in [3.05, 3.63) is 48.2 Å². The van der Waals surface area contributed by atoms with Gasteiger partial charge in [-0.15, -0.1) is 0 Å². The minimum Gasteiger partial charge on any atom is -0.508 e. The summed E-state index contributed by atoms with van der Waals surface area (Å²) in [6.07, 6.45) is 2.95. The number of pyridine rings is 1. The van der Waals surface area contributed by atoms with Crippen molar-refractivity contribution in [2.75, 3.05) is 0 Å². The summed E-state index contributed by atoms with van der Waals surface area (Å²) in [5, 5.41) is 9.42. The predicted octanol–water partition coefficient (Wildman–Crippen LogP) is 2.27. The lowest BCUT2D eigenvalue weighted by Crippen LogP contribution is -2.01. The Bertz CT molecular complexity index is 536. The molecule has 1 heterocycles. The van der Waals surface area contributed by atoms with Gasteiger partial charge in [0.15, 0.2) is 0 Å². The first kappa shape index (κ1) is 10.3. The number of nitrogens with zero attached hydrogens (tertiary/aromatic N) is 1. The summed E-state index contributed by atoms with van der Waals surface area (Å²) in [4.78, 5) is 4.42. The minimum absolute atomic E-state index is 0.262. The number of rotatable bonds is 2. The summed E-state index contributed by atoms with van der Waals surface area (Å²) in [7, 11) is 0. The third-order valence-corrected chi connectivity index (χ3v) is 3.20. The first-order chi connectivity index (χ1) is 8.24. The van der Waals surface area contributed by atoms with Gasteiger partial charge >= 0.3 is 0 Å². The van der Waals surface area contributed by atoms with E-state index in [-0.39, 0.29) is 5.75 Å². The molecule has 0 amide bonds. The van der Waals surface area contributed by atoms with Crippen LogP contribution in [0, 0.1) is 0 Å². The third-order valence-electron chi connectivity index (χ3n) is 3.20. The highest BCUT2D eigenvalue weighted by atomic mass is 16.3. The van der Waals surface area contributed by atoms with Crippen LogP contribution in [0.15, 0.2) is 42.6 Å². The molecule has 0 unspecified atom stereocenters. The van der Waals surface area contributed by atoms with Gasteiger partial charge in [-0.1, -0.05) is 18.2 Å². The lowest BCUT2D eigenvalue weighted by Gasteiger charge is -2.03. The van der Waals surface area contributed by atoms with Gasteiger partial charge in [0.25, 0.3) is 0 Å². The summed E-state index contributed by atoms with van der Waals surface area (Å²) in [5.74, 6) is 0.748. The van der Waals surface area contributed by atoms with Crippen molar-refractivity contribution in [1.82, 2.24) is 4.98 Å². The first-order valence-electron chi connectivity index (χ1n) is 5.75. The molecule has 3 N–H and O–H groups in total. The summed E-state index contributed by atoms with van der Waals surface area (Å²) in [6, 6.07) is 11.5. The Hall–Kier alpha value is -1.87. The maximum atomic E-state index is 9.42. The number of phenolic OH excluding ortho intramolecular Hbond substituents is 1. The van der Waals surface area contributed by atoms with Gasteiger partial charge in [0, 0.05) is 23.7 Å². The zero-order valence-electron chi connectivity index (χ0n) is 9.38. The average Bonchev–Trinajstić information content (AvgIpc) is 3.07. The number of hydrogen-bond acceptors (Lipinski definition) is 3. The Morgan fingerprint density at radius 3 is 2.65 bits per heavy atom. The second kappa shape index (κ2) is 3.86. The van der Waals surface area contributed by atoms with Crippen molar-refractivity contribution in [1.29, 1.82) is 0 Å². The van der Waals surface area contributed by atoms with E-state index < -0.39 is 0 Å². The standard InChI is InChI=1S/C14H14N2O/c15-13-7-12(13)10-4-5-14(16-8-10)9-2-1-3-11(17)6-9/h1-6,8,12-13,17H,7,15H2/t12-,13+/m0/s1. The molecule has 2 aromatic rings. The Balaban J connectivity index is 1.89. The lowest BCUT2D eigenvalue weighted by molar-refractivity contribution is 0.475. The van der Waals surface area contributed by atoms with Gasteiger partial charge in [-0.2, -0.15) is 0 Å². The molecule has 1 aromatic carbocycles. The molecule has 1 aliphatic carbocycles. The molecule has 0 radical (unpaired) electrons. The van der Waals surface area contributed by atoms with E-state index >= 15 is 0 Å². The van der Waals surface area contributed by atoms with E-state index in [9.17, 15) is 5.11 Å². The maximum absolute atomic E-state index is 9.42. The van der Waals surface area contributed by atoms with Crippen LogP contribution < -0.4 is 5.73 Å². The third kappa shape index (κ3) is 2.01. The van der Waals surface area contributed by atoms with Crippen LogP contribution in [-0.2, 0) is 0 Å². The molecule has 1 aromatic heterocycles. The van der Waals surface area contributed by atoms with Crippen molar-refractivity contribution >= 4 is 0 Å². The highest BCUT2D eigenvalue weighted by Crippen LogP contribution is 2.38. The molecule has 1 fully saturated rings. The van der Waals surface area contributed by atoms with Crippen molar-refractivity contribution in [3.8, 4) is 17.0 Å². The van der Waals surface area contributed by atoms with E-state index in [2.05, 4.69) is 11.1 Å². The second-order valence-corrected chi connectivity index (χ2v) is 4.53. The number of benzene rings is 1. The summed E-state index contributed by atoms with van der Waals surface area (Å²) >= 11 is 0. The molecule has 2 atom stereocenters. The molecule has 3 nitrogen and oxygen atoms in total. The van der Waals surface area contributed by atoms with Gasteiger partial charge < -0.3 is 10.8 Å². The molecule has 3 heteroatoms. The molecule has 0 aliphatic heterocycles. The fourth-order valence-electron chi connectivity index (χ4n) is 2.06. The molecule has 0 bridgehead atoms. The van der Waals surface area contributed by atoms with Gasteiger partial charge in [-0.05, 0) is 30.2 Å². The molecular weight excluding hydrogens is 212 g/mol. The monoisotopic (exact) mass is 226 g/mol. The largest absolute Gasteiger partial charge is 0.508 e. The summed E-state index contributed by atoms with van der Waals surface area (Å²) < 4.78 is 0. The molecule has 1 aliphatic rings. The number of aromatic nitrogens is 1. The Kier molecular flexibility index (Phi) is 2.34. The van der Waals surface area contributed by atoms with Crippen LogP contribution >= 0.6 is 0 Å². The smallest absolute Gasteiger partial charge is 0.116 e. The molecule has 0 spiro atoms. The zero-order valence-corrected chi connectivity index (χ0v) is 9.38. The van der Waals surface area contributed by atoms with Crippen molar-refractivity contribution in [2.45, 2.75) is 18.4 Å². The maximum Gasteiger partial charge on any atom is 0.116 e. The van der Waals surface area contributed by atoms with Gasteiger partial charge in [-0.3, -0.25) is 4.98 Å². The van der Waals surface area contributed by atoms with E-state index in [4.69, 9.17) is 5.73 Å². The van der Waals surface area contributed by atoms with Gasteiger partial charge in [0.1, 0.15) is 5.75 Å². The fraction of sp³-hybridized carbons (Fsp3) is 0.214. The predicted molar refractivity (Wildman–Crippen MR) is 66.7 cm³/mol. The van der Waals surface area contributed by atoms with Crippen LogP contribution in [0.4, 0.5) is 0 Å². The van der Waals surface area contributed by atoms with E-state index in [1.54, 1.807) is 12.1 Å². The van der Waals surface area contributed by atoms with Crippen molar-refractivity contribution in [3.63, 3.8) is 0 Å². The van der Waals surface area contributed by atoms with Gasteiger partial charge in [-0.25, -0.2) is 0 Å². The van der Waals surface area contributed by atoms with Crippen LogP contribution in [0.5, 0.6) is 5.75 Å². The molecule has 17 heavy (non-hydrogen) atoms. The Labute approximate surface area is 99.9 Å². The first-order valence-corrected chi connectivity index (χ1v) is 5.75. The van der Waals surface area contributed by atoms with Gasteiger partial charge in [0.05, 0.1) is 5.69 Å². The van der Waals surface area contributed by atoms with Crippen LogP contribution in [0.2, 0.25) is 0 Å². The van der Waals surface area contributed by atoms with Crippen molar-refractivity contribution in [2.24, 2.45) is 5.73 Å². The highest BCUT2D eigenvalue weighted by Gasteiger charge is 2.34. The van der Waals surface area contributed by atoms with E-state index in [0.717, 1.165) is 17.7 Å². The van der Waals surface area contributed by atoms with Crippen LogP contribution in [0.1, 0.15) is 17.9 Å². The zero-order chi connectivity index (χ0) is 11.8. The highest BCUT2D eigenvalue weighted by molar-refractivity contribution is 5.61. The van der Waals surface area contributed by atoms with E-state index in [1.807, 2.05) is 24.4 Å². The number of phenols is 1. The second-order valence-electron chi connectivity index (χ2n) is 4.53. The number of aromatic hydroxyl groups is 1. The quantitative estimate of drug-likeness (QED) is 0.825. The number of nitrogens with two attached hydrogens (primary N) is 1. The summed E-state index contributed by atoms with van der Waals surface area (Å²) in [6.45, 7) is 0. The minimum atomic E-state index is 0.262. The fourth-order valence-corrected chi connectivity index (χ4v) is 2.06. The van der Waals surface area contributed by atoms with Crippen LogP contribution in [0.3, 0.4) is 0 Å². The van der Waals surface area contributed by atoms with Crippen molar-refractivity contribution < 1.29 is 5.11 Å². The van der Waals surface area contributed by atoms with Gasteiger partial charge in [0.2, 0.25) is 0 Å². The van der Waals surface area contributed by atoms with E-state index in [0.29, 0.717) is 12.0 Å². The normalized spacial score (nSPS) is 22.4.